The Labute approximate surface area is 152 Å². The second-order valence-electron chi connectivity index (χ2n) is 5.67. The lowest BCUT2D eigenvalue weighted by molar-refractivity contribution is 0.409. The van der Waals surface area contributed by atoms with Crippen LogP contribution in [0.1, 0.15) is 31.4 Å². The third-order valence-electron chi connectivity index (χ3n) is 3.36. The first-order chi connectivity index (χ1) is 10.1. The highest BCUT2D eigenvalue weighted by atomic mass is 127. The Morgan fingerprint density at radius 1 is 1.23 bits per heavy atom. The monoisotopic (exact) mass is 419 g/mol. The maximum Gasteiger partial charge on any atom is 0.190 e. The molecule has 0 atom stereocenters. The van der Waals surface area contributed by atoms with E-state index in [1.54, 1.807) is 14.2 Å². The van der Waals surface area contributed by atoms with Crippen LogP contribution in [0.2, 0.25) is 0 Å². The second-order valence-corrected chi connectivity index (χ2v) is 5.67. The summed E-state index contributed by atoms with van der Waals surface area (Å²) in [7, 11) is 3.52. The van der Waals surface area contributed by atoms with Crippen molar-refractivity contribution in [1.29, 1.82) is 0 Å². The zero-order valence-electron chi connectivity index (χ0n) is 14.4. The lowest BCUT2D eigenvalue weighted by atomic mass is 10.1. The van der Waals surface area contributed by atoms with Crippen LogP contribution in [0.25, 0.3) is 0 Å². The molecule has 5 heteroatoms. The van der Waals surface area contributed by atoms with Crippen LogP contribution in [0.3, 0.4) is 0 Å². The number of nitrogens with one attached hydrogen (secondary N) is 2. The van der Waals surface area contributed by atoms with Gasteiger partial charge in [0.2, 0.25) is 0 Å². The van der Waals surface area contributed by atoms with Gasteiger partial charge in [0.25, 0.3) is 0 Å². The largest absolute Gasteiger partial charge is 0.496 e. The van der Waals surface area contributed by atoms with Gasteiger partial charge in [0, 0.05) is 20.1 Å². The van der Waals surface area contributed by atoms with E-state index >= 15 is 0 Å². The Hall–Kier alpha value is -0.980. The number of nitrogens with zero attached hydrogens (tertiary/aromatic N) is 1. The standard InChI is InChI=1S/C17H29N3O.HI/c1-13(2)8-10-19-17(18-4)20-11-9-15-12-14(3)6-7-16(15)21-5;/h6-7,12-13H,8-11H2,1-5H3,(H2,18,19,20);1H. The van der Waals surface area contributed by atoms with Gasteiger partial charge in [-0.1, -0.05) is 31.5 Å². The predicted molar refractivity (Wildman–Crippen MR) is 106 cm³/mol. The van der Waals surface area contributed by atoms with Gasteiger partial charge in [-0.3, -0.25) is 4.99 Å². The molecule has 0 aliphatic carbocycles. The van der Waals surface area contributed by atoms with E-state index in [1.807, 2.05) is 6.07 Å². The number of aryl methyl sites for hydroxylation is 1. The van der Waals surface area contributed by atoms with Crippen LogP contribution in [0.4, 0.5) is 0 Å². The van der Waals surface area contributed by atoms with Crippen molar-refractivity contribution < 1.29 is 4.74 Å². The van der Waals surface area contributed by atoms with Gasteiger partial charge in [-0.25, -0.2) is 0 Å². The van der Waals surface area contributed by atoms with Crippen LogP contribution in [0.5, 0.6) is 5.75 Å². The molecule has 0 saturated carbocycles. The number of benzene rings is 1. The van der Waals surface area contributed by atoms with Crippen molar-refractivity contribution in [3.05, 3.63) is 29.3 Å². The van der Waals surface area contributed by atoms with Gasteiger partial charge < -0.3 is 15.4 Å². The minimum absolute atomic E-state index is 0. The molecular formula is C17H30IN3O. The maximum atomic E-state index is 5.40. The molecule has 0 aliphatic heterocycles. The number of hydrogen-bond donors (Lipinski definition) is 2. The van der Waals surface area contributed by atoms with Gasteiger partial charge in [0.05, 0.1) is 7.11 Å². The molecule has 4 nitrogen and oxygen atoms in total. The second kappa shape index (κ2) is 11.6. The lowest BCUT2D eigenvalue weighted by Crippen LogP contribution is -2.39. The van der Waals surface area contributed by atoms with Crippen LogP contribution < -0.4 is 15.4 Å². The van der Waals surface area contributed by atoms with Crippen LogP contribution in [0.15, 0.2) is 23.2 Å². The van der Waals surface area contributed by atoms with Gasteiger partial charge in [-0.2, -0.15) is 0 Å². The molecule has 0 spiro atoms. The lowest BCUT2D eigenvalue weighted by Gasteiger charge is -2.14. The molecule has 22 heavy (non-hydrogen) atoms. The summed E-state index contributed by atoms with van der Waals surface area (Å²) in [5, 5.41) is 6.68. The number of rotatable bonds is 7. The highest BCUT2D eigenvalue weighted by Crippen LogP contribution is 2.19. The van der Waals surface area contributed by atoms with Crippen LogP contribution in [-0.4, -0.2) is 33.2 Å². The summed E-state index contributed by atoms with van der Waals surface area (Å²) in [5.41, 5.74) is 2.48. The summed E-state index contributed by atoms with van der Waals surface area (Å²) in [4.78, 5) is 4.24. The molecule has 0 amide bonds. The van der Waals surface area contributed by atoms with Crippen molar-refractivity contribution >= 4 is 29.9 Å². The maximum absolute atomic E-state index is 5.40. The van der Waals surface area contributed by atoms with Crippen LogP contribution in [0, 0.1) is 12.8 Å². The summed E-state index contributed by atoms with van der Waals surface area (Å²) in [5.74, 6) is 2.51. The van der Waals surface area contributed by atoms with Crippen molar-refractivity contribution in [2.24, 2.45) is 10.9 Å². The topological polar surface area (TPSA) is 45.7 Å². The molecule has 0 saturated heterocycles. The molecule has 1 aromatic rings. The summed E-state index contributed by atoms with van der Waals surface area (Å²) in [6, 6.07) is 6.28. The smallest absolute Gasteiger partial charge is 0.190 e. The number of guanidine groups is 1. The molecular weight excluding hydrogens is 389 g/mol. The summed E-state index contributed by atoms with van der Waals surface area (Å²) < 4.78 is 5.40. The Morgan fingerprint density at radius 2 is 1.91 bits per heavy atom. The molecule has 2 N–H and O–H groups in total. The van der Waals surface area contributed by atoms with Gasteiger partial charge >= 0.3 is 0 Å². The molecule has 1 rings (SSSR count). The number of hydrogen-bond acceptors (Lipinski definition) is 2. The van der Waals surface area contributed by atoms with Crippen molar-refractivity contribution in [2.75, 3.05) is 27.2 Å². The average molecular weight is 419 g/mol. The van der Waals surface area contributed by atoms with Crippen molar-refractivity contribution in [1.82, 2.24) is 10.6 Å². The zero-order valence-corrected chi connectivity index (χ0v) is 16.7. The zero-order chi connectivity index (χ0) is 15.7. The molecule has 1 aromatic carbocycles. The van der Waals surface area contributed by atoms with Crippen molar-refractivity contribution in [3.63, 3.8) is 0 Å². The van der Waals surface area contributed by atoms with Gasteiger partial charge in [0.15, 0.2) is 5.96 Å². The van der Waals surface area contributed by atoms with Crippen LogP contribution >= 0.6 is 24.0 Å². The fourth-order valence-corrected chi connectivity index (χ4v) is 2.12. The van der Waals surface area contributed by atoms with E-state index in [0.29, 0.717) is 5.92 Å². The number of aliphatic imine (C=N–C) groups is 1. The van der Waals surface area contributed by atoms with E-state index < -0.39 is 0 Å². The Morgan fingerprint density at radius 3 is 2.50 bits per heavy atom. The van der Waals surface area contributed by atoms with Crippen LogP contribution in [-0.2, 0) is 6.42 Å². The Balaban J connectivity index is 0.00000441. The molecule has 0 aliphatic rings. The van der Waals surface area contributed by atoms with E-state index in [-0.39, 0.29) is 24.0 Å². The number of methoxy groups -OCH3 is 1. The van der Waals surface area contributed by atoms with E-state index in [4.69, 9.17) is 4.74 Å². The average Bonchev–Trinajstić information content (AvgIpc) is 2.45. The first-order valence-corrected chi connectivity index (χ1v) is 7.64. The molecule has 126 valence electrons. The van der Waals surface area contributed by atoms with Gasteiger partial charge in [-0.05, 0) is 37.3 Å². The molecule has 0 radical (unpaired) electrons. The van der Waals surface area contributed by atoms with E-state index in [9.17, 15) is 0 Å². The number of ether oxygens (including phenoxy) is 1. The Kier molecular flexibility index (Phi) is 11.1. The molecule has 0 bridgehead atoms. The Bertz CT molecular complexity index is 461. The van der Waals surface area contributed by atoms with E-state index in [2.05, 4.69) is 48.5 Å². The predicted octanol–water partition coefficient (Wildman–Crippen LogP) is 3.38. The van der Waals surface area contributed by atoms with Crippen molar-refractivity contribution in [3.8, 4) is 5.75 Å². The highest BCUT2D eigenvalue weighted by molar-refractivity contribution is 14.0. The molecule has 0 fully saturated rings. The molecule has 0 heterocycles. The third kappa shape index (κ3) is 7.87. The minimum Gasteiger partial charge on any atom is -0.496 e. The highest BCUT2D eigenvalue weighted by Gasteiger charge is 2.04. The fraction of sp³-hybridized carbons (Fsp3) is 0.588. The van der Waals surface area contributed by atoms with Gasteiger partial charge in [0.1, 0.15) is 5.75 Å². The molecule has 0 aromatic heterocycles. The first-order valence-electron chi connectivity index (χ1n) is 7.64. The summed E-state index contributed by atoms with van der Waals surface area (Å²) >= 11 is 0. The number of halogens is 1. The summed E-state index contributed by atoms with van der Waals surface area (Å²) in [6.07, 6.45) is 2.06. The molecule has 0 unspecified atom stereocenters. The fourth-order valence-electron chi connectivity index (χ4n) is 2.12. The van der Waals surface area contributed by atoms with Gasteiger partial charge in [-0.15, -0.1) is 24.0 Å². The normalized spacial score (nSPS) is 11.1. The minimum atomic E-state index is 0. The quantitative estimate of drug-likeness (QED) is 0.405. The SMILES string of the molecule is CN=C(NCCc1cc(C)ccc1OC)NCCC(C)C.I. The van der Waals surface area contributed by atoms with Crippen molar-refractivity contribution in [2.45, 2.75) is 33.6 Å². The summed E-state index contributed by atoms with van der Waals surface area (Å²) in [6.45, 7) is 8.33. The third-order valence-corrected chi connectivity index (χ3v) is 3.36. The van der Waals surface area contributed by atoms with E-state index in [0.717, 1.165) is 37.6 Å². The van der Waals surface area contributed by atoms with E-state index in [1.165, 1.54) is 11.1 Å². The first kappa shape index (κ1) is 21.0.